The van der Waals surface area contributed by atoms with Gasteiger partial charge in [0.15, 0.2) is 0 Å². The van der Waals surface area contributed by atoms with E-state index in [0.717, 1.165) is 12.5 Å². The minimum atomic E-state index is 0.497. The molecule has 0 heterocycles. The Balaban J connectivity index is 2.75. The maximum Gasteiger partial charge on any atom is 0.0411 e. The predicted octanol–water partition coefficient (Wildman–Crippen LogP) is 4.68. The first-order valence-electron chi connectivity index (χ1n) is 7.57. The highest BCUT2D eigenvalue weighted by Crippen LogP contribution is 2.21. The molecule has 1 aromatic carbocycles. The van der Waals surface area contributed by atoms with Crippen LogP contribution in [0.25, 0.3) is 0 Å². The smallest absolute Gasteiger partial charge is 0.0411 e. The van der Waals surface area contributed by atoms with Gasteiger partial charge in [-0.1, -0.05) is 52.0 Å². The second kappa shape index (κ2) is 9.44. The van der Waals surface area contributed by atoms with Gasteiger partial charge in [-0.2, -0.15) is 11.8 Å². The third-order valence-corrected chi connectivity index (χ3v) is 4.10. The van der Waals surface area contributed by atoms with E-state index < -0.39 is 0 Å². The molecule has 0 radical (unpaired) electrons. The van der Waals surface area contributed by atoms with E-state index in [1.807, 2.05) is 11.8 Å². The van der Waals surface area contributed by atoms with Crippen LogP contribution < -0.4 is 5.32 Å². The fraction of sp³-hybridized carbons (Fsp3) is 0.647. The van der Waals surface area contributed by atoms with E-state index in [1.54, 1.807) is 0 Å². The molecule has 0 spiro atoms. The van der Waals surface area contributed by atoms with Crippen molar-refractivity contribution in [3.8, 4) is 0 Å². The average molecular weight is 279 g/mol. The largest absolute Gasteiger partial charge is 0.309 e. The van der Waals surface area contributed by atoms with Gasteiger partial charge >= 0.3 is 0 Å². The molecule has 108 valence electrons. The minimum absolute atomic E-state index is 0.497. The Hall–Kier alpha value is -0.470. The average Bonchev–Trinajstić information content (AvgIpc) is 2.38. The molecule has 1 N–H and O–H groups in total. The highest BCUT2D eigenvalue weighted by Gasteiger charge is 2.11. The normalized spacial score (nSPS) is 12.9. The van der Waals surface area contributed by atoms with Gasteiger partial charge in [-0.25, -0.2) is 0 Å². The van der Waals surface area contributed by atoms with Gasteiger partial charge in [0.25, 0.3) is 0 Å². The van der Waals surface area contributed by atoms with E-state index >= 15 is 0 Å². The second-order valence-electron chi connectivity index (χ2n) is 5.51. The molecule has 0 bridgehead atoms. The standard InChI is InChI=1S/C17H29NS/c1-5-10-18-17(13-19-6-2)16-9-7-8-15(12-16)11-14(3)4/h7-9,12,14,17-18H,5-6,10-11,13H2,1-4H3. The maximum absolute atomic E-state index is 3.68. The lowest BCUT2D eigenvalue weighted by Gasteiger charge is -2.19. The lowest BCUT2D eigenvalue weighted by molar-refractivity contribution is 0.575. The molecule has 0 saturated heterocycles. The zero-order chi connectivity index (χ0) is 14.1. The first kappa shape index (κ1) is 16.6. The summed E-state index contributed by atoms with van der Waals surface area (Å²) in [6.07, 6.45) is 2.37. The Morgan fingerprint density at radius 3 is 2.63 bits per heavy atom. The van der Waals surface area contributed by atoms with Gasteiger partial charge in [0.1, 0.15) is 0 Å². The Morgan fingerprint density at radius 2 is 2.00 bits per heavy atom. The SMILES string of the molecule is CCCNC(CSCC)c1cccc(CC(C)C)c1. The van der Waals surface area contributed by atoms with E-state index in [4.69, 9.17) is 0 Å². The molecule has 19 heavy (non-hydrogen) atoms. The summed E-state index contributed by atoms with van der Waals surface area (Å²) >= 11 is 2.02. The highest BCUT2D eigenvalue weighted by atomic mass is 32.2. The summed E-state index contributed by atoms with van der Waals surface area (Å²) in [6.45, 7) is 10.1. The van der Waals surface area contributed by atoms with Crippen molar-refractivity contribution in [3.63, 3.8) is 0 Å². The topological polar surface area (TPSA) is 12.0 Å². The van der Waals surface area contributed by atoms with Gasteiger partial charge < -0.3 is 5.32 Å². The molecule has 0 saturated carbocycles. The monoisotopic (exact) mass is 279 g/mol. The van der Waals surface area contributed by atoms with Crippen molar-refractivity contribution < 1.29 is 0 Å². The second-order valence-corrected chi connectivity index (χ2v) is 6.83. The number of benzene rings is 1. The summed E-state index contributed by atoms with van der Waals surface area (Å²) in [5.74, 6) is 3.08. The van der Waals surface area contributed by atoms with Crippen molar-refractivity contribution in [2.24, 2.45) is 5.92 Å². The third kappa shape index (κ3) is 6.49. The third-order valence-electron chi connectivity index (χ3n) is 3.13. The predicted molar refractivity (Wildman–Crippen MR) is 89.0 cm³/mol. The van der Waals surface area contributed by atoms with Crippen molar-refractivity contribution in [2.45, 2.75) is 46.6 Å². The fourth-order valence-electron chi connectivity index (χ4n) is 2.24. The maximum atomic E-state index is 3.68. The van der Waals surface area contributed by atoms with E-state index in [0.29, 0.717) is 6.04 Å². The Bertz CT molecular complexity index is 341. The molecule has 0 aliphatic rings. The lowest BCUT2D eigenvalue weighted by Crippen LogP contribution is -2.24. The summed E-state index contributed by atoms with van der Waals surface area (Å²) in [6, 6.07) is 9.63. The molecule has 1 aromatic rings. The highest BCUT2D eigenvalue weighted by molar-refractivity contribution is 7.99. The molecular weight excluding hydrogens is 250 g/mol. The Kier molecular flexibility index (Phi) is 8.24. The van der Waals surface area contributed by atoms with Gasteiger partial charge in [-0.3, -0.25) is 0 Å². The van der Waals surface area contributed by atoms with E-state index in [1.165, 1.54) is 35.5 Å². The van der Waals surface area contributed by atoms with Crippen molar-refractivity contribution in [2.75, 3.05) is 18.1 Å². The minimum Gasteiger partial charge on any atom is -0.309 e. The summed E-state index contributed by atoms with van der Waals surface area (Å²) in [5.41, 5.74) is 2.92. The Labute approximate surface area is 123 Å². The van der Waals surface area contributed by atoms with Gasteiger partial charge in [-0.15, -0.1) is 0 Å². The molecular formula is C17H29NS. The molecule has 0 aliphatic carbocycles. The van der Waals surface area contributed by atoms with E-state index in [9.17, 15) is 0 Å². The molecule has 1 atom stereocenters. The van der Waals surface area contributed by atoms with Crippen molar-refractivity contribution in [1.82, 2.24) is 5.32 Å². The first-order valence-corrected chi connectivity index (χ1v) is 8.72. The molecule has 0 aliphatic heterocycles. The van der Waals surface area contributed by atoms with Crippen LogP contribution in [0.1, 0.15) is 51.3 Å². The molecule has 0 aromatic heterocycles. The van der Waals surface area contributed by atoms with Crippen LogP contribution >= 0.6 is 11.8 Å². The van der Waals surface area contributed by atoms with Gasteiger partial charge in [0, 0.05) is 11.8 Å². The number of nitrogens with one attached hydrogen (secondary N) is 1. The number of rotatable bonds is 9. The van der Waals surface area contributed by atoms with Crippen LogP contribution in [0, 0.1) is 5.92 Å². The quantitative estimate of drug-likeness (QED) is 0.704. The van der Waals surface area contributed by atoms with Crippen LogP contribution in [0.4, 0.5) is 0 Å². The van der Waals surface area contributed by atoms with Gasteiger partial charge in [0.2, 0.25) is 0 Å². The number of hydrogen-bond acceptors (Lipinski definition) is 2. The van der Waals surface area contributed by atoms with Crippen LogP contribution in [0.5, 0.6) is 0 Å². The Morgan fingerprint density at radius 1 is 1.21 bits per heavy atom. The summed E-state index contributed by atoms with van der Waals surface area (Å²) in [7, 11) is 0. The molecule has 1 nitrogen and oxygen atoms in total. The summed E-state index contributed by atoms with van der Waals surface area (Å²) in [4.78, 5) is 0. The van der Waals surface area contributed by atoms with Crippen LogP contribution in [0.15, 0.2) is 24.3 Å². The molecule has 1 rings (SSSR count). The molecule has 0 amide bonds. The molecule has 1 unspecified atom stereocenters. The zero-order valence-corrected chi connectivity index (χ0v) is 13.7. The van der Waals surface area contributed by atoms with Gasteiger partial charge in [-0.05, 0) is 42.2 Å². The zero-order valence-electron chi connectivity index (χ0n) is 12.9. The van der Waals surface area contributed by atoms with Gasteiger partial charge in [0.05, 0.1) is 0 Å². The van der Waals surface area contributed by atoms with Crippen molar-refractivity contribution in [3.05, 3.63) is 35.4 Å². The lowest BCUT2D eigenvalue weighted by atomic mass is 9.98. The van der Waals surface area contributed by atoms with Crippen molar-refractivity contribution in [1.29, 1.82) is 0 Å². The van der Waals surface area contributed by atoms with Crippen LogP contribution in [-0.2, 0) is 6.42 Å². The van der Waals surface area contributed by atoms with E-state index in [-0.39, 0.29) is 0 Å². The number of thioether (sulfide) groups is 1. The molecule has 2 heteroatoms. The summed E-state index contributed by atoms with van der Waals surface area (Å²) in [5, 5.41) is 3.68. The fourth-order valence-corrected chi connectivity index (χ4v) is 3.02. The summed E-state index contributed by atoms with van der Waals surface area (Å²) < 4.78 is 0. The van der Waals surface area contributed by atoms with Crippen LogP contribution in [-0.4, -0.2) is 18.1 Å². The van der Waals surface area contributed by atoms with E-state index in [2.05, 4.69) is 57.3 Å². The number of hydrogen-bond donors (Lipinski definition) is 1. The first-order chi connectivity index (χ1) is 9.17. The van der Waals surface area contributed by atoms with Crippen molar-refractivity contribution >= 4 is 11.8 Å². The molecule has 0 fully saturated rings. The van der Waals surface area contributed by atoms with Crippen LogP contribution in [0.3, 0.4) is 0 Å². The van der Waals surface area contributed by atoms with Crippen LogP contribution in [0.2, 0.25) is 0 Å².